The fourth-order valence-corrected chi connectivity index (χ4v) is 1.30. The van der Waals surface area contributed by atoms with E-state index in [9.17, 15) is 4.79 Å². The molecule has 0 aromatic carbocycles. The summed E-state index contributed by atoms with van der Waals surface area (Å²) in [6.45, 7) is 0. The second-order valence-electron chi connectivity index (χ2n) is 4.04. The van der Waals surface area contributed by atoms with Gasteiger partial charge in [0.15, 0.2) is 0 Å². The standard InChI is InChI=1S/C18H19N3O/c19-18(22)17-14-12-10-8-6-4-2-1-3-5-7-9-11-13-15-20-21-16-17/h1-16,20H,(H2,19,22). The number of nitrogens with one attached hydrogen (secondary N) is 1. The summed E-state index contributed by atoms with van der Waals surface area (Å²) >= 11 is 0. The first-order valence-electron chi connectivity index (χ1n) is 6.76. The number of hydrazone groups is 1. The Morgan fingerprint density at radius 2 is 1.23 bits per heavy atom. The van der Waals surface area contributed by atoms with Gasteiger partial charge in [-0.25, -0.2) is 0 Å². The molecule has 3 N–H and O–H groups in total. The van der Waals surface area contributed by atoms with Gasteiger partial charge in [-0.15, -0.1) is 0 Å². The van der Waals surface area contributed by atoms with Crippen molar-refractivity contribution in [3.8, 4) is 0 Å². The van der Waals surface area contributed by atoms with E-state index < -0.39 is 5.91 Å². The predicted molar refractivity (Wildman–Crippen MR) is 92.9 cm³/mol. The number of nitrogens with zero attached hydrogens (tertiary/aromatic N) is 1. The van der Waals surface area contributed by atoms with E-state index in [2.05, 4.69) is 10.5 Å². The van der Waals surface area contributed by atoms with Crippen molar-refractivity contribution < 1.29 is 4.79 Å². The Hall–Kier alpha value is -3.14. The van der Waals surface area contributed by atoms with Crippen LogP contribution >= 0.6 is 0 Å². The highest BCUT2D eigenvalue weighted by Crippen LogP contribution is 1.92. The van der Waals surface area contributed by atoms with Crippen LogP contribution in [0.1, 0.15) is 0 Å². The number of amides is 1. The Balaban J connectivity index is 2.86. The van der Waals surface area contributed by atoms with Gasteiger partial charge in [0.05, 0.1) is 11.8 Å². The van der Waals surface area contributed by atoms with Gasteiger partial charge in [-0.05, 0) is 12.2 Å². The summed E-state index contributed by atoms with van der Waals surface area (Å²) in [5.41, 5.74) is 8.26. The molecule has 0 aromatic rings. The van der Waals surface area contributed by atoms with Crippen LogP contribution in [0.25, 0.3) is 0 Å². The lowest BCUT2D eigenvalue weighted by atomic mass is 10.2. The Kier molecular flexibility index (Phi) is 8.97. The van der Waals surface area contributed by atoms with Gasteiger partial charge in [0.25, 0.3) is 0 Å². The molecule has 1 amide bonds. The van der Waals surface area contributed by atoms with Gasteiger partial charge in [-0.2, -0.15) is 5.10 Å². The third-order valence-electron chi connectivity index (χ3n) is 2.34. The minimum atomic E-state index is -0.538. The smallest absolute Gasteiger partial charge is 0.250 e. The molecular weight excluding hydrogens is 274 g/mol. The van der Waals surface area contributed by atoms with Gasteiger partial charge >= 0.3 is 0 Å². The molecule has 4 heteroatoms. The van der Waals surface area contributed by atoms with Crippen LogP contribution in [0.2, 0.25) is 0 Å². The van der Waals surface area contributed by atoms with E-state index in [0.717, 1.165) is 0 Å². The predicted octanol–water partition coefficient (Wildman–Crippen LogP) is 2.84. The molecule has 0 aromatic heterocycles. The number of hydrogen-bond donors (Lipinski definition) is 2. The van der Waals surface area contributed by atoms with Crippen molar-refractivity contribution in [1.29, 1.82) is 0 Å². The molecule has 0 spiro atoms. The number of hydrogen-bond acceptors (Lipinski definition) is 3. The number of rotatable bonds is 1. The molecule has 0 saturated heterocycles. The SMILES string of the molecule is NC(=O)C1=CC=CC=CC=CC=CC=CC=CC=CNN=C1. The van der Waals surface area contributed by atoms with Gasteiger partial charge < -0.3 is 5.73 Å². The van der Waals surface area contributed by atoms with Gasteiger partial charge in [0.2, 0.25) is 5.91 Å². The number of carbonyl (C=O) groups excluding carboxylic acids is 1. The van der Waals surface area contributed by atoms with Crippen molar-refractivity contribution in [3.63, 3.8) is 0 Å². The molecule has 0 fully saturated rings. The van der Waals surface area contributed by atoms with E-state index >= 15 is 0 Å². The lowest BCUT2D eigenvalue weighted by Gasteiger charge is -1.93. The van der Waals surface area contributed by atoms with Crippen LogP contribution in [0, 0.1) is 0 Å². The number of carbonyl (C=O) groups is 1. The molecule has 1 aliphatic heterocycles. The summed E-state index contributed by atoms with van der Waals surface area (Å²) in [5.74, 6) is -0.538. The Labute approximate surface area is 130 Å². The Bertz CT molecular complexity index is 612. The zero-order valence-electron chi connectivity index (χ0n) is 12.2. The summed E-state index contributed by atoms with van der Waals surface area (Å²) in [5, 5.41) is 3.89. The van der Waals surface area contributed by atoms with Crippen LogP contribution in [-0.4, -0.2) is 12.1 Å². The van der Waals surface area contributed by atoms with Crippen molar-refractivity contribution in [2.24, 2.45) is 10.8 Å². The van der Waals surface area contributed by atoms with Crippen LogP contribution in [0.15, 0.2) is 102 Å². The molecule has 22 heavy (non-hydrogen) atoms. The molecule has 1 heterocycles. The highest BCUT2D eigenvalue weighted by Gasteiger charge is 1.98. The van der Waals surface area contributed by atoms with Crippen LogP contribution < -0.4 is 11.2 Å². The zero-order valence-corrected chi connectivity index (χ0v) is 12.2. The van der Waals surface area contributed by atoms with E-state index in [1.165, 1.54) is 6.21 Å². The minimum Gasteiger partial charge on any atom is -0.366 e. The first kappa shape index (κ1) is 16.9. The lowest BCUT2D eigenvalue weighted by Crippen LogP contribution is -2.15. The Morgan fingerprint density at radius 3 is 1.73 bits per heavy atom. The molecule has 0 radical (unpaired) electrons. The van der Waals surface area contributed by atoms with Crippen LogP contribution in [0.3, 0.4) is 0 Å². The summed E-state index contributed by atoms with van der Waals surface area (Å²) in [6.07, 6.45) is 29.0. The van der Waals surface area contributed by atoms with Gasteiger partial charge in [0.1, 0.15) is 0 Å². The van der Waals surface area contributed by atoms with Gasteiger partial charge in [-0.1, -0.05) is 72.9 Å². The normalized spacial score (nSPS) is 15.7. The van der Waals surface area contributed by atoms with Crippen molar-refractivity contribution in [1.82, 2.24) is 5.43 Å². The largest absolute Gasteiger partial charge is 0.366 e. The summed E-state index contributed by atoms with van der Waals surface area (Å²) in [7, 11) is 0. The van der Waals surface area contributed by atoms with Crippen LogP contribution in [0.4, 0.5) is 0 Å². The molecule has 0 bridgehead atoms. The van der Waals surface area contributed by atoms with E-state index in [0.29, 0.717) is 5.57 Å². The van der Waals surface area contributed by atoms with Crippen LogP contribution in [0.5, 0.6) is 0 Å². The highest BCUT2D eigenvalue weighted by molar-refractivity contribution is 6.11. The zero-order chi connectivity index (χ0) is 15.9. The fourth-order valence-electron chi connectivity index (χ4n) is 1.30. The molecule has 1 aliphatic rings. The van der Waals surface area contributed by atoms with Crippen molar-refractivity contribution in [2.75, 3.05) is 0 Å². The van der Waals surface area contributed by atoms with Gasteiger partial charge in [0, 0.05) is 6.20 Å². The van der Waals surface area contributed by atoms with Crippen molar-refractivity contribution in [2.45, 2.75) is 0 Å². The fraction of sp³-hybridized carbons (Fsp3) is 0. The Morgan fingerprint density at radius 1 is 0.773 bits per heavy atom. The highest BCUT2D eigenvalue weighted by atomic mass is 16.1. The van der Waals surface area contributed by atoms with Crippen LogP contribution in [-0.2, 0) is 4.79 Å². The minimum absolute atomic E-state index is 0.306. The second kappa shape index (κ2) is 11.7. The monoisotopic (exact) mass is 293 g/mol. The third-order valence-corrected chi connectivity index (χ3v) is 2.34. The number of allylic oxidation sites excluding steroid dienone is 14. The number of primary amides is 1. The summed E-state index contributed by atoms with van der Waals surface area (Å²) in [6, 6.07) is 0. The summed E-state index contributed by atoms with van der Waals surface area (Å²) < 4.78 is 0. The van der Waals surface area contributed by atoms with Crippen molar-refractivity contribution >= 4 is 12.1 Å². The third kappa shape index (κ3) is 8.87. The lowest BCUT2D eigenvalue weighted by molar-refractivity contribution is -0.114. The first-order valence-corrected chi connectivity index (χ1v) is 6.76. The molecule has 0 atom stereocenters. The maximum absolute atomic E-state index is 11.2. The molecule has 0 aliphatic carbocycles. The second-order valence-corrected chi connectivity index (χ2v) is 4.04. The maximum Gasteiger partial charge on any atom is 0.250 e. The molecular formula is C18H19N3O. The average Bonchev–Trinajstić information content (AvgIpc) is 2.50. The molecule has 0 unspecified atom stereocenters. The quantitative estimate of drug-likeness (QED) is 0.780. The first-order chi connectivity index (χ1) is 10.8. The molecule has 0 saturated carbocycles. The summed E-state index contributed by atoms with van der Waals surface area (Å²) in [4.78, 5) is 11.2. The molecule has 112 valence electrons. The topological polar surface area (TPSA) is 67.5 Å². The van der Waals surface area contributed by atoms with Gasteiger partial charge in [-0.3, -0.25) is 10.2 Å². The molecule has 4 nitrogen and oxygen atoms in total. The van der Waals surface area contributed by atoms with E-state index in [-0.39, 0.29) is 0 Å². The number of nitrogens with two attached hydrogens (primary N) is 1. The van der Waals surface area contributed by atoms with E-state index in [1.807, 2.05) is 60.8 Å². The maximum atomic E-state index is 11.2. The van der Waals surface area contributed by atoms with E-state index in [1.54, 1.807) is 30.5 Å². The van der Waals surface area contributed by atoms with E-state index in [4.69, 9.17) is 5.73 Å². The average molecular weight is 293 g/mol. The van der Waals surface area contributed by atoms with Crippen molar-refractivity contribution in [3.05, 3.63) is 96.8 Å². The molecule has 1 rings (SSSR count).